The van der Waals surface area contributed by atoms with Gasteiger partial charge in [-0.25, -0.2) is 0 Å². The zero-order valence-electron chi connectivity index (χ0n) is 15.1. The Hall–Kier alpha value is -2.75. The Morgan fingerprint density at radius 2 is 1.80 bits per heavy atom. The zero-order valence-corrected chi connectivity index (χ0v) is 15.1. The summed E-state index contributed by atoms with van der Waals surface area (Å²) in [7, 11) is 0. The van der Waals surface area contributed by atoms with Crippen molar-refractivity contribution in [1.82, 2.24) is 4.98 Å². The molecule has 25 heavy (non-hydrogen) atoms. The van der Waals surface area contributed by atoms with Gasteiger partial charge in [0.2, 0.25) is 0 Å². The highest BCUT2D eigenvalue weighted by Gasteiger charge is 2.16. The van der Waals surface area contributed by atoms with Crippen LogP contribution < -0.4 is 10.1 Å². The van der Waals surface area contributed by atoms with Gasteiger partial charge in [-0.3, -0.25) is 4.79 Å². The number of H-pyrrole nitrogens is 1. The molecule has 0 spiro atoms. The van der Waals surface area contributed by atoms with Crippen molar-refractivity contribution in [2.45, 2.75) is 39.7 Å². The first-order valence-electron chi connectivity index (χ1n) is 8.60. The van der Waals surface area contributed by atoms with Gasteiger partial charge >= 0.3 is 0 Å². The van der Waals surface area contributed by atoms with Gasteiger partial charge in [0, 0.05) is 16.6 Å². The lowest BCUT2D eigenvalue weighted by Gasteiger charge is -2.16. The van der Waals surface area contributed by atoms with Crippen LogP contribution >= 0.6 is 0 Å². The molecule has 130 valence electrons. The molecule has 1 aromatic heterocycles. The molecule has 0 saturated carbocycles. The van der Waals surface area contributed by atoms with E-state index in [-0.39, 0.29) is 5.91 Å². The molecular weight excluding hydrogens is 312 g/mol. The second-order valence-electron chi connectivity index (χ2n) is 6.69. The Morgan fingerprint density at radius 3 is 2.48 bits per heavy atom. The number of aryl methyl sites for hydroxylation is 1. The molecule has 0 radical (unpaired) electrons. The van der Waals surface area contributed by atoms with E-state index in [4.69, 9.17) is 4.74 Å². The van der Waals surface area contributed by atoms with Gasteiger partial charge in [-0.15, -0.1) is 0 Å². The minimum atomic E-state index is -0.583. The lowest BCUT2D eigenvalue weighted by molar-refractivity contribution is -0.122. The van der Waals surface area contributed by atoms with Crippen molar-refractivity contribution < 1.29 is 9.53 Å². The Labute approximate surface area is 148 Å². The summed E-state index contributed by atoms with van der Waals surface area (Å²) in [6.07, 6.45) is -0.583. The molecule has 4 nitrogen and oxygen atoms in total. The number of carbonyl (C=O) groups excluding carboxylic acids is 1. The second kappa shape index (κ2) is 7.01. The van der Waals surface area contributed by atoms with E-state index in [0.29, 0.717) is 11.7 Å². The van der Waals surface area contributed by atoms with E-state index in [1.54, 1.807) is 6.92 Å². The molecule has 0 fully saturated rings. The predicted octanol–water partition coefficient (Wildman–Crippen LogP) is 5.01. The van der Waals surface area contributed by atoms with E-state index in [1.165, 1.54) is 5.56 Å². The number of aromatic nitrogens is 1. The second-order valence-corrected chi connectivity index (χ2v) is 6.69. The molecule has 2 N–H and O–H groups in total. The van der Waals surface area contributed by atoms with Gasteiger partial charge in [-0.2, -0.15) is 0 Å². The van der Waals surface area contributed by atoms with Crippen LogP contribution in [-0.2, 0) is 4.79 Å². The molecule has 0 bridgehead atoms. The minimum Gasteiger partial charge on any atom is -0.481 e. The number of aromatic amines is 1. The van der Waals surface area contributed by atoms with Crippen LogP contribution in [0.2, 0.25) is 0 Å². The van der Waals surface area contributed by atoms with Crippen LogP contribution in [0.25, 0.3) is 10.9 Å². The molecule has 1 heterocycles. The summed E-state index contributed by atoms with van der Waals surface area (Å²) in [5, 5.41) is 3.97. The van der Waals surface area contributed by atoms with E-state index < -0.39 is 6.10 Å². The molecule has 1 amide bonds. The van der Waals surface area contributed by atoms with Crippen molar-refractivity contribution in [1.29, 1.82) is 0 Å². The topological polar surface area (TPSA) is 54.1 Å². The molecule has 1 unspecified atom stereocenters. The molecule has 3 rings (SSSR count). The fourth-order valence-corrected chi connectivity index (χ4v) is 2.83. The standard InChI is InChI=1S/C21H24N2O2/c1-13(2)16-8-10-17(11-9-16)25-15(4)21(24)23-20-7-5-6-19-18(20)12-14(3)22-19/h5-13,15,22H,1-4H3,(H,23,24). The molecule has 0 aliphatic carbocycles. The number of benzene rings is 2. The van der Waals surface area contributed by atoms with Crippen LogP contribution in [0.5, 0.6) is 5.75 Å². The average molecular weight is 336 g/mol. The Kier molecular flexibility index (Phi) is 4.79. The first-order chi connectivity index (χ1) is 11.9. The summed E-state index contributed by atoms with van der Waals surface area (Å²) in [5.74, 6) is 1.00. The van der Waals surface area contributed by atoms with Crippen molar-refractivity contribution in [3.8, 4) is 5.75 Å². The lowest BCUT2D eigenvalue weighted by atomic mass is 10.0. The number of ether oxygens (including phenoxy) is 1. The smallest absolute Gasteiger partial charge is 0.265 e. The van der Waals surface area contributed by atoms with Gasteiger partial charge in [-0.1, -0.05) is 32.0 Å². The van der Waals surface area contributed by atoms with Gasteiger partial charge in [0.05, 0.1) is 5.69 Å². The summed E-state index contributed by atoms with van der Waals surface area (Å²) in [6, 6.07) is 15.7. The molecule has 0 aliphatic heterocycles. The number of amides is 1. The highest BCUT2D eigenvalue weighted by Crippen LogP contribution is 2.25. The van der Waals surface area contributed by atoms with Gasteiger partial charge in [0.15, 0.2) is 6.10 Å². The summed E-state index contributed by atoms with van der Waals surface area (Å²) < 4.78 is 5.78. The Morgan fingerprint density at radius 1 is 1.08 bits per heavy atom. The van der Waals surface area contributed by atoms with Gasteiger partial charge < -0.3 is 15.0 Å². The number of carbonyl (C=O) groups is 1. The average Bonchev–Trinajstić information content (AvgIpc) is 2.96. The number of hydrogen-bond acceptors (Lipinski definition) is 2. The van der Waals surface area contributed by atoms with Crippen LogP contribution in [0.1, 0.15) is 37.9 Å². The van der Waals surface area contributed by atoms with Crippen LogP contribution in [0.4, 0.5) is 5.69 Å². The van der Waals surface area contributed by atoms with E-state index in [1.807, 2.05) is 55.5 Å². The summed E-state index contributed by atoms with van der Waals surface area (Å²) in [5.41, 5.74) is 4.11. The number of anilines is 1. The third kappa shape index (κ3) is 3.85. The van der Waals surface area contributed by atoms with Crippen molar-refractivity contribution in [2.75, 3.05) is 5.32 Å². The summed E-state index contributed by atoms with van der Waals surface area (Å²) >= 11 is 0. The first-order valence-corrected chi connectivity index (χ1v) is 8.60. The molecule has 2 aromatic carbocycles. The largest absolute Gasteiger partial charge is 0.481 e. The SMILES string of the molecule is Cc1cc2c(NC(=O)C(C)Oc3ccc(C(C)C)cc3)cccc2[nH]1. The summed E-state index contributed by atoms with van der Waals surface area (Å²) in [4.78, 5) is 15.8. The molecule has 3 aromatic rings. The van der Waals surface area contributed by atoms with Gasteiger partial charge in [0.1, 0.15) is 5.75 Å². The lowest BCUT2D eigenvalue weighted by Crippen LogP contribution is -2.30. The molecular formula is C21H24N2O2. The third-order valence-corrected chi connectivity index (χ3v) is 4.29. The number of hydrogen-bond donors (Lipinski definition) is 2. The van der Waals surface area contributed by atoms with Gasteiger partial charge in [0.25, 0.3) is 5.91 Å². The number of fused-ring (bicyclic) bond motifs is 1. The van der Waals surface area contributed by atoms with Crippen LogP contribution in [0, 0.1) is 6.92 Å². The quantitative estimate of drug-likeness (QED) is 0.688. The zero-order chi connectivity index (χ0) is 18.0. The number of rotatable bonds is 5. The third-order valence-electron chi connectivity index (χ3n) is 4.29. The first kappa shape index (κ1) is 17.1. The monoisotopic (exact) mass is 336 g/mol. The van der Waals surface area contributed by atoms with Crippen LogP contribution in [-0.4, -0.2) is 17.0 Å². The maximum absolute atomic E-state index is 12.5. The molecule has 1 atom stereocenters. The van der Waals surface area contributed by atoms with E-state index >= 15 is 0 Å². The van der Waals surface area contributed by atoms with E-state index in [0.717, 1.165) is 22.3 Å². The van der Waals surface area contributed by atoms with Gasteiger partial charge in [-0.05, 0) is 55.7 Å². The van der Waals surface area contributed by atoms with Crippen molar-refractivity contribution >= 4 is 22.5 Å². The van der Waals surface area contributed by atoms with Crippen LogP contribution in [0.15, 0.2) is 48.5 Å². The van der Waals surface area contributed by atoms with Crippen LogP contribution in [0.3, 0.4) is 0 Å². The maximum Gasteiger partial charge on any atom is 0.265 e. The maximum atomic E-state index is 12.5. The predicted molar refractivity (Wildman–Crippen MR) is 102 cm³/mol. The highest BCUT2D eigenvalue weighted by atomic mass is 16.5. The highest BCUT2D eigenvalue weighted by molar-refractivity contribution is 6.03. The fourth-order valence-electron chi connectivity index (χ4n) is 2.83. The number of nitrogens with one attached hydrogen (secondary N) is 2. The van der Waals surface area contributed by atoms with Crippen molar-refractivity contribution in [3.05, 3.63) is 59.8 Å². The Bertz CT molecular complexity index is 879. The normalized spacial score (nSPS) is 12.4. The Balaban J connectivity index is 1.69. The summed E-state index contributed by atoms with van der Waals surface area (Å²) in [6.45, 7) is 8.05. The minimum absolute atomic E-state index is 0.167. The van der Waals surface area contributed by atoms with Crippen molar-refractivity contribution in [3.63, 3.8) is 0 Å². The fraction of sp³-hybridized carbons (Fsp3) is 0.286. The van der Waals surface area contributed by atoms with E-state index in [9.17, 15) is 4.79 Å². The molecule has 0 saturated heterocycles. The van der Waals surface area contributed by atoms with Crippen molar-refractivity contribution in [2.24, 2.45) is 0 Å². The molecule has 4 heteroatoms. The molecule has 0 aliphatic rings. The van der Waals surface area contributed by atoms with E-state index in [2.05, 4.69) is 24.1 Å².